The van der Waals surface area contributed by atoms with Crippen molar-refractivity contribution < 1.29 is 4.79 Å². The van der Waals surface area contributed by atoms with E-state index in [1.165, 1.54) is 0 Å². The number of nitrogens with zero attached hydrogens (tertiary/aromatic N) is 1. The highest BCUT2D eigenvalue weighted by atomic mass is 35.5. The minimum Gasteiger partial charge on any atom is -0.351 e. The van der Waals surface area contributed by atoms with Crippen LogP contribution < -0.4 is 5.32 Å². The van der Waals surface area contributed by atoms with Gasteiger partial charge in [0.05, 0.1) is 22.3 Å². The molecule has 1 heterocycles. The fourth-order valence-corrected chi connectivity index (χ4v) is 2.24. The Kier molecular flexibility index (Phi) is 3.35. The summed E-state index contributed by atoms with van der Waals surface area (Å²) in [5.41, 5.74) is 2.18. The van der Waals surface area contributed by atoms with Crippen LogP contribution >= 0.6 is 11.6 Å². The van der Waals surface area contributed by atoms with E-state index in [4.69, 9.17) is 16.9 Å². The molecule has 0 saturated heterocycles. The van der Waals surface area contributed by atoms with Crippen molar-refractivity contribution in [1.29, 1.82) is 5.26 Å². The van der Waals surface area contributed by atoms with Gasteiger partial charge in [-0.1, -0.05) is 29.8 Å². The summed E-state index contributed by atoms with van der Waals surface area (Å²) in [6.07, 6.45) is 0. The number of aromatic amines is 1. The Morgan fingerprint density at radius 1 is 1.19 bits per heavy atom. The zero-order valence-corrected chi connectivity index (χ0v) is 11.6. The van der Waals surface area contributed by atoms with E-state index in [2.05, 4.69) is 10.3 Å². The van der Waals surface area contributed by atoms with E-state index in [9.17, 15) is 4.79 Å². The third-order valence-corrected chi connectivity index (χ3v) is 3.45. The molecule has 0 aliphatic heterocycles. The number of rotatable bonds is 2. The van der Waals surface area contributed by atoms with Gasteiger partial charge >= 0.3 is 0 Å². The van der Waals surface area contributed by atoms with Crippen molar-refractivity contribution in [2.24, 2.45) is 0 Å². The summed E-state index contributed by atoms with van der Waals surface area (Å²) in [4.78, 5) is 15.3. The Morgan fingerprint density at radius 3 is 2.76 bits per heavy atom. The number of aromatic nitrogens is 1. The molecule has 1 amide bonds. The van der Waals surface area contributed by atoms with Gasteiger partial charge in [-0.15, -0.1) is 0 Å². The van der Waals surface area contributed by atoms with E-state index in [0.717, 1.165) is 10.9 Å². The maximum atomic E-state index is 12.3. The van der Waals surface area contributed by atoms with Gasteiger partial charge in [-0.25, -0.2) is 0 Å². The molecule has 4 nitrogen and oxygen atoms in total. The summed E-state index contributed by atoms with van der Waals surface area (Å²) in [5, 5.41) is 12.9. The first-order chi connectivity index (χ1) is 10.2. The fourth-order valence-electron chi connectivity index (χ4n) is 2.08. The molecule has 1 aromatic heterocycles. The van der Waals surface area contributed by atoms with Crippen molar-refractivity contribution in [3.63, 3.8) is 0 Å². The summed E-state index contributed by atoms with van der Waals surface area (Å²) in [5.74, 6) is -0.303. The number of H-pyrrole nitrogens is 1. The van der Waals surface area contributed by atoms with Crippen molar-refractivity contribution in [1.82, 2.24) is 4.98 Å². The van der Waals surface area contributed by atoms with Crippen molar-refractivity contribution in [2.45, 2.75) is 0 Å². The standard InChI is InChI=1S/C16H10ClN3O/c17-12-6-5-10(9-18)7-14(12)20-16(21)15-8-11-3-1-2-4-13(11)19-15/h1-8,19H,(H,20,21). The van der Waals surface area contributed by atoms with Crippen LogP contribution in [0.25, 0.3) is 10.9 Å². The first-order valence-corrected chi connectivity index (χ1v) is 6.64. The second-order valence-corrected chi connectivity index (χ2v) is 4.94. The predicted molar refractivity (Wildman–Crippen MR) is 82.4 cm³/mol. The van der Waals surface area contributed by atoms with Crippen LogP contribution in [0.4, 0.5) is 5.69 Å². The Morgan fingerprint density at radius 2 is 2.00 bits per heavy atom. The van der Waals surface area contributed by atoms with Crippen LogP contribution in [0.5, 0.6) is 0 Å². The van der Waals surface area contributed by atoms with Crippen molar-refractivity contribution in [3.05, 3.63) is 64.8 Å². The third kappa shape index (κ3) is 2.60. The van der Waals surface area contributed by atoms with Gasteiger partial charge in [-0.3, -0.25) is 4.79 Å². The lowest BCUT2D eigenvalue weighted by Gasteiger charge is -2.06. The summed E-state index contributed by atoms with van der Waals surface area (Å²) in [7, 11) is 0. The molecule has 0 atom stereocenters. The molecule has 2 N–H and O–H groups in total. The minimum absolute atomic E-state index is 0.303. The topological polar surface area (TPSA) is 68.7 Å². The SMILES string of the molecule is N#Cc1ccc(Cl)c(NC(=O)c2cc3ccccc3[nH]2)c1. The first-order valence-electron chi connectivity index (χ1n) is 6.26. The lowest BCUT2D eigenvalue weighted by atomic mass is 10.2. The number of anilines is 1. The number of carbonyl (C=O) groups is 1. The average molecular weight is 296 g/mol. The van der Waals surface area contributed by atoms with E-state index < -0.39 is 0 Å². The highest BCUT2D eigenvalue weighted by Crippen LogP contribution is 2.24. The molecule has 2 aromatic carbocycles. The Balaban J connectivity index is 1.91. The maximum Gasteiger partial charge on any atom is 0.272 e. The Hall–Kier alpha value is -2.77. The number of nitriles is 1. The van der Waals surface area contributed by atoms with E-state index in [1.807, 2.05) is 30.3 Å². The summed E-state index contributed by atoms with van der Waals surface area (Å²) < 4.78 is 0. The number of para-hydroxylation sites is 1. The summed E-state index contributed by atoms with van der Waals surface area (Å²) in [6.45, 7) is 0. The molecule has 0 fully saturated rings. The van der Waals surface area contributed by atoms with Crippen molar-refractivity contribution in [3.8, 4) is 6.07 Å². The molecule has 0 radical (unpaired) electrons. The van der Waals surface area contributed by atoms with Crippen molar-refractivity contribution in [2.75, 3.05) is 5.32 Å². The molecule has 102 valence electrons. The third-order valence-electron chi connectivity index (χ3n) is 3.12. The number of hydrogen-bond acceptors (Lipinski definition) is 2. The smallest absolute Gasteiger partial charge is 0.272 e. The zero-order valence-electron chi connectivity index (χ0n) is 10.9. The number of fused-ring (bicyclic) bond motifs is 1. The number of hydrogen-bond donors (Lipinski definition) is 2. The van der Waals surface area contributed by atoms with E-state index in [0.29, 0.717) is 22.0 Å². The minimum atomic E-state index is -0.303. The molecule has 0 spiro atoms. The maximum absolute atomic E-state index is 12.3. The predicted octanol–water partition coefficient (Wildman–Crippen LogP) is 3.95. The largest absolute Gasteiger partial charge is 0.351 e. The van der Waals surface area contributed by atoms with Gasteiger partial charge in [0, 0.05) is 10.9 Å². The monoisotopic (exact) mass is 295 g/mol. The number of nitrogens with one attached hydrogen (secondary N) is 2. The Bertz CT molecular complexity index is 844. The van der Waals surface area contributed by atoms with Gasteiger partial charge in [0.1, 0.15) is 5.69 Å². The summed E-state index contributed by atoms with van der Waals surface area (Å²) in [6, 6.07) is 16.1. The Labute approximate surface area is 126 Å². The molecule has 0 aliphatic carbocycles. The van der Waals surface area contributed by atoms with Crippen LogP contribution in [0.3, 0.4) is 0 Å². The van der Waals surface area contributed by atoms with Gasteiger partial charge in [-0.05, 0) is 30.3 Å². The average Bonchev–Trinajstić information content (AvgIpc) is 2.93. The lowest BCUT2D eigenvalue weighted by Crippen LogP contribution is -2.12. The molecule has 0 unspecified atom stereocenters. The normalized spacial score (nSPS) is 10.3. The quantitative estimate of drug-likeness (QED) is 0.751. The van der Waals surface area contributed by atoms with Crippen LogP contribution in [-0.2, 0) is 0 Å². The van der Waals surface area contributed by atoms with Gasteiger partial charge < -0.3 is 10.3 Å². The van der Waals surface area contributed by atoms with E-state index in [1.54, 1.807) is 24.3 Å². The molecular weight excluding hydrogens is 286 g/mol. The highest BCUT2D eigenvalue weighted by molar-refractivity contribution is 6.34. The van der Waals surface area contributed by atoms with Gasteiger partial charge in [0.15, 0.2) is 0 Å². The van der Waals surface area contributed by atoms with Gasteiger partial charge in [0.25, 0.3) is 5.91 Å². The fraction of sp³-hybridized carbons (Fsp3) is 0. The van der Waals surface area contributed by atoms with Gasteiger partial charge in [0.2, 0.25) is 0 Å². The van der Waals surface area contributed by atoms with E-state index >= 15 is 0 Å². The van der Waals surface area contributed by atoms with Crippen LogP contribution in [0.2, 0.25) is 5.02 Å². The molecule has 0 saturated carbocycles. The number of amides is 1. The summed E-state index contributed by atoms with van der Waals surface area (Å²) >= 11 is 6.03. The number of halogens is 1. The second-order valence-electron chi connectivity index (χ2n) is 4.53. The van der Waals surface area contributed by atoms with Gasteiger partial charge in [-0.2, -0.15) is 5.26 Å². The molecule has 0 aliphatic rings. The number of carbonyl (C=O) groups excluding carboxylic acids is 1. The van der Waals surface area contributed by atoms with Crippen molar-refractivity contribution >= 4 is 34.1 Å². The zero-order chi connectivity index (χ0) is 14.8. The van der Waals surface area contributed by atoms with Crippen LogP contribution in [0.1, 0.15) is 16.1 Å². The molecule has 3 aromatic rings. The lowest BCUT2D eigenvalue weighted by molar-refractivity contribution is 0.102. The molecule has 5 heteroatoms. The molecule has 0 bridgehead atoms. The van der Waals surface area contributed by atoms with E-state index in [-0.39, 0.29) is 5.91 Å². The second kappa shape index (κ2) is 5.31. The molecule has 3 rings (SSSR count). The van der Waals surface area contributed by atoms with Crippen LogP contribution in [0.15, 0.2) is 48.5 Å². The molecule has 21 heavy (non-hydrogen) atoms. The first kappa shape index (κ1) is 13.2. The van der Waals surface area contributed by atoms with Crippen LogP contribution in [0, 0.1) is 11.3 Å². The van der Waals surface area contributed by atoms with Crippen LogP contribution in [-0.4, -0.2) is 10.9 Å². The highest BCUT2D eigenvalue weighted by Gasteiger charge is 2.11. The number of benzene rings is 2. The molecular formula is C16H10ClN3O.